The first-order chi connectivity index (χ1) is 22.8. The Morgan fingerprint density at radius 3 is 1.87 bits per heavy atom. The maximum absolute atomic E-state index is 2.33. The quantitative estimate of drug-likeness (QED) is 0.125. The molecule has 220 valence electrons. The smallest absolute Gasteiger partial charge is 0.0434 e. The maximum atomic E-state index is 2.33. The van der Waals surface area contributed by atoms with Crippen molar-refractivity contribution >= 4 is 59.1 Å². The van der Waals surface area contributed by atoms with Gasteiger partial charge in [0, 0.05) is 20.2 Å². The number of hydrogen-bond donors (Lipinski definition) is 0. The van der Waals surface area contributed by atoms with Gasteiger partial charge in [-0.05, 0) is 79.0 Å². The molecule has 0 fully saturated rings. The lowest BCUT2D eigenvalue weighted by molar-refractivity contribution is 0.959. The summed E-state index contributed by atoms with van der Waals surface area (Å²) in [7, 11) is 0. The van der Waals surface area contributed by atoms with Gasteiger partial charge in [0.05, 0.1) is 0 Å². The van der Waals surface area contributed by atoms with Crippen LogP contribution in [0, 0.1) is 0 Å². The van der Waals surface area contributed by atoms with Crippen LogP contribution in [0.4, 0.5) is 0 Å². The lowest BCUT2D eigenvalue weighted by atomic mass is 9.85. The third-order valence-corrected chi connectivity index (χ3v) is 10.2. The van der Waals surface area contributed by atoms with Gasteiger partial charge in [0.1, 0.15) is 0 Å². The van der Waals surface area contributed by atoms with E-state index in [1.54, 1.807) is 0 Å². The normalized spacial score (nSPS) is 12.0. The SMILES string of the molecule is CCC/C=C\C=Cc1cccc(-c2cccc3c2sc2cccc(-c4c5ccccc5c(-c5ccccc5)c5ccccc45)c23)c1. The van der Waals surface area contributed by atoms with Crippen molar-refractivity contribution in [3.05, 3.63) is 163 Å². The highest BCUT2D eigenvalue weighted by molar-refractivity contribution is 7.26. The van der Waals surface area contributed by atoms with Gasteiger partial charge in [-0.15, -0.1) is 11.3 Å². The molecule has 46 heavy (non-hydrogen) atoms. The standard InChI is InChI=1S/C45H34S/c1-2-3-4-5-7-17-31-18-14-21-33(30-31)34-26-15-28-40-44-39(27-16-29-41(44)46-45(34)40)43-37-24-12-10-22-35(37)42(32-19-8-6-9-20-32)36-23-11-13-25-38(36)43/h4-30H,2-3H2,1H3/b5-4-,17-7?. The highest BCUT2D eigenvalue weighted by Gasteiger charge is 2.20. The van der Waals surface area contributed by atoms with Crippen LogP contribution < -0.4 is 0 Å². The van der Waals surface area contributed by atoms with Crippen LogP contribution in [0.5, 0.6) is 0 Å². The fourth-order valence-electron chi connectivity index (χ4n) is 6.94. The van der Waals surface area contributed by atoms with Crippen LogP contribution in [-0.4, -0.2) is 0 Å². The summed E-state index contributed by atoms with van der Waals surface area (Å²) < 4.78 is 2.65. The van der Waals surface area contributed by atoms with Gasteiger partial charge in [0.15, 0.2) is 0 Å². The number of allylic oxidation sites excluding steroid dienone is 3. The first kappa shape index (κ1) is 28.2. The van der Waals surface area contributed by atoms with Crippen LogP contribution in [0.1, 0.15) is 25.3 Å². The molecular formula is C45H34S. The van der Waals surface area contributed by atoms with Crippen LogP contribution in [0.25, 0.3) is 81.2 Å². The topological polar surface area (TPSA) is 0 Å². The molecule has 0 radical (unpaired) electrons. The predicted molar refractivity (Wildman–Crippen MR) is 204 cm³/mol. The first-order valence-corrected chi connectivity index (χ1v) is 17.0. The van der Waals surface area contributed by atoms with Crippen molar-refractivity contribution in [2.45, 2.75) is 19.8 Å². The minimum absolute atomic E-state index is 1.11. The second-order valence-corrected chi connectivity index (χ2v) is 12.9. The number of hydrogen-bond acceptors (Lipinski definition) is 1. The Kier molecular flexibility index (Phi) is 7.54. The molecular weight excluding hydrogens is 573 g/mol. The Labute approximate surface area is 274 Å². The fraction of sp³-hybridized carbons (Fsp3) is 0.0667. The summed E-state index contributed by atoms with van der Waals surface area (Å²) in [5.41, 5.74) is 8.91. The summed E-state index contributed by atoms with van der Waals surface area (Å²) in [4.78, 5) is 0. The Bertz CT molecular complexity index is 2360. The van der Waals surface area contributed by atoms with Gasteiger partial charge in [-0.2, -0.15) is 0 Å². The highest BCUT2D eigenvalue weighted by atomic mass is 32.1. The van der Waals surface area contributed by atoms with Gasteiger partial charge in [0.25, 0.3) is 0 Å². The van der Waals surface area contributed by atoms with Gasteiger partial charge >= 0.3 is 0 Å². The molecule has 0 N–H and O–H groups in total. The van der Waals surface area contributed by atoms with Crippen LogP contribution in [0.2, 0.25) is 0 Å². The highest BCUT2D eigenvalue weighted by Crippen LogP contribution is 2.49. The molecule has 1 heterocycles. The fourth-order valence-corrected chi connectivity index (χ4v) is 8.20. The summed E-state index contributed by atoms with van der Waals surface area (Å²) in [6, 6.07) is 51.3. The van der Waals surface area contributed by atoms with E-state index in [4.69, 9.17) is 0 Å². The molecule has 0 aliphatic heterocycles. The summed E-state index contributed by atoms with van der Waals surface area (Å²) in [5, 5.41) is 7.80. The van der Waals surface area contributed by atoms with Crippen molar-refractivity contribution in [2.75, 3.05) is 0 Å². The number of thiophene rings is 1. The van der Waals surface area contributed by atoms with Gasteiger partial charge < -0.3 is 0 Å². The van der Waals surface area contributed by atoms with E-state index >= 15 is 0 Å². The van der Waals surface area contributed by atoms with E-state index < -0.39 is 0 Å². The Morgan fingerprint density at radius 2 is 1.13 bits per heavy atom. The molecule has 1 heteroatoms. The van der Waals surface area contributed by atoms with Gasteiger partial charge in [-0.1, -0.05) is 165 Å². The third-order valence-electron chi connectivity index (χ3n) is 8.97. The lowest BCUT2D eigenvalue weighted by Crippen LogP contribution is -1.91. The van der Waals surface area contributed by atoms with Crippen LogP contribution >= 0.6 is 11.3 Å². The van der Waals surface area contributed by atoms with Crippen LogP contribution in [0.3, 0.4) is 0 Å². The minimum atomic E-state index is 1.11. The maximum Gasteiger partial charge on any atom is 0.0434 e. The zero-order valence-corrected chi connectivity index (χ0v) is 26.7. The molecule has 0 spiro atoms. The van der Waals surface area contributed by atoms with Crippen molar-refractivity contribution < 1.29 is 0 Å². The molecule has 0 aliphatic carbocycles. The Morgan fingerprint density at radius 1 is 0.522 bits per heavy atom. The van der Waals surface area contributed by atoms with E-state index in [2.05, 4.69) is 171 Å². The molecule has 8 aromatic rings. The van der Waals surface area contributed by atoms with Crippen molar-refractivity contribution in [3.63, 3.8) is 0 Å². The van der Waals surface area contributed by atoms with Gasteiger partial charge in [-0.25, -0.2) is 0 Å². The zero-order valence-electron chi connectivity index (χ0n) is 25.9. The molecule has 0 aliphatic rings. The predicted octanol–water partition coefficient (Wildman–Crippen LogP) is 13.7. The summed E-state index contributed by atoms with van der Waals surface area (Å²) in [6.07, 6.45) is 11.0. The second-order valence-electron chi connectivity index (χ2n) is 11.9. The molecule has 0 atom stereocenters. The monoisotopic (exact) mass is 606 g/mol. The molecule has 0 saturated carbocycles. The molecule has 0 bridgehead atoms. The van der Waals surface area contributed by atoms with E-state index in [0.717, 1.165) is 6.42 Å². The Hall–Kier alpha value is -5.24. The average Bonchev–Trinajstić information content (AvgIpc) is 3.50. The van der Waals surface area contributed by atoms with Crippen molar-refractivity contribution in [2.24, 2.45) is 0 Å². The second kappa shape index (κ2) is 12.3. The largest absolute Gasteiger partial charge is 0.135 e. The number of fused-ring (bicyclic) bond motifs is 5. The van der Waals surface area contributed by atoms with Crippen molar-refractivity contribution in [1.29, 1.82) is 0 Å². The van der Waals surface area contributed by atoms with E-state index in [1.807, 2.05) is 11.3 Å². The van der Waals surface area contributed by atoms with Crippen molar-refractivity contribution in [3.8, 4) is 33.4 Å². The van der Waals surface area contributed by atoms with Crippen LogP contribution in [0.15, 0.2) is 158 Å². The minimum Gasteiger partial charge on any atom is -0.135 e. The molecule has 0 amide bonds. The number of unbranched alkanes of at least 4 members (excludes halogenated alkanes) is 1. The molecule has 0 unspecified atom stereocenters. The van der Waals surface area contributed by atoms with Gasteiger partial charge in [0.2, 0.25) is 0 Å². The summed E-state index contributed by atoms with van der Waals surface area (Å²) >= 11 is 1.91. The van der Waals surface area contributed by atoms with E-state index in [1.165, 1.54) is 87.1 Å². The van der Waals surface area contributed by atoms with E-state index in [9.17, 15) is 0 Å². The van der Waals surface area contributed by atoms with Crippen molar-refractivity contribution in [1.82, 2.24) is 0 Å². The molecule has 0 saturated heterocycles. The number of benzene rings is 7. The third kappa shape index (κ3) is 4.94. The molecule has 7 aromatic carbocycles. The molecule has 8 rings (SSSR count). The first-order valence-electron chi connectivity index (χ1n) is 16.2. The molecule has 1 aromatic heterocycles. The lowest BCUT2D eigenvalue weighted by Gasteiger charge is -2.18. The van der Waals surface area contributed by atoms with Crippen LogP contribution in [-0.2, 0) is 0 Å². The molecule has 0 nitrogen and oxygen atoms in total. The van der Waals surface area contributed by atoms with E-state index in [-0.39, 0.29) is 0 Å². The summed E-state index contributed by atoms with van der Waals surface area (Å²) in [6.45, 7) is 2.21. The average molecular weight is 607 g/mol. The Balaban J connectivity index is 1.36. The van der Waals surface area contributed by atoms with E-state index in [0.29, 0.717) is 0 Å². The zero-order chi connectivity index (χ0) is 30.9. The summed E-state index contributed by atoms with van der Waals surface area (Å²) in [5.74, 6) is 0. The van der Waals surface area contributed by atoms with Gasteiger partial charge in [-0.3, -0.25) is 0 Å². The number of rotatable bonds is 7.